The Bertz CT molecular complexity index is 146. The van der Waals surface area contributed by atoms with Crippen molar-refractivity contribution in [2.75, 3.05) is 14.1 Å². The molecule has 0 saturated carbocycles. The van der Waals surface area contributed by atoms with Crippen LogP contribution in [0.25, 0.3) is 0 Å². The molecule has 0 atom stereocenters. The number of rotatable bonds is 4. The fraction of sp³-hybridized carbons (Fsp3) is 0.556. The molecule has 0 heterocycles. The molecule has 0 saturated heterocycles. The van der Waals surface area contributed by atoms with Crippen molar-refractivity contribution in [3.63, 3.8) is 0 Å². The maximum Gasteiger partial charge on any atom is 0.0283 e. The van der Waals surface area contributed by atoms with E-state index in [2.05, 4.69) is 25.7 Å². The number of hydrogen-bond donors (Lipinski definition) is 1. The van der Waals surface area contributed by atoms with Crippen molar-refractivity contribution in [1.82, 2.24) is 10.2 Å². The summed E-state index contributed by atoms with van der Waals surface area (Å²) in [5.41, 5.74) is 0.953. The Morgan fingerprint density at radius 3 is 2.36 bits per heavy atom. The van der Waals surface area contributed by atoms with Gasteiger partial charge in [-0.1, -0.05) is 6.58 Å². The van der Waals surface area contributed by atoms with Gasteiger partial charge in [0, 0.05) is 32.0 Å². The summed E-state index contributed by atoms with van der Waals surface area (Å²) >= 11 is 0. The molecule has 2 heteroatoms. The zero-order chi connectivity index (χ0) is 8.85. The van der Waals surface area contributed by atoms with E-state index in [1.54, 1.807) is 0 Å². The summed E-state index contributed by atoms with van der Waals surface area (Å²) in [4.78, 5) is 1.98. The Morgan fingerprint density at radius 1 is 1.45 bits per heavy atom. The molecule has 0 radical (unpaired) electrons. The van der Waals surface area contributed by atoms with Crippen LogP contribution in [0.15, 0.2) is 24.6 Å². The maximum absolute atomic E-state index is 3.84. The molecule has 64 valence electrons. The molecule has 0 aromatic heterocycles. The molecule has 0 spiro atoms. The predicted molar refractivity (Wildman–Crippen MR) is 50.2 cm³/mol. The molecule has 2 nitrogen and oxygen atoms in total. The Labute approximate surface area is 69.6 Å². The van der Waals surface area contributed by atoms with Crippen LogP contribution in [-0.4, -0.2) is 25.0 Å². The lowest BCUT2D eigenvalue weighted by atomic mass is 10.3. The molecule has 0 aromatic carbocycles. The normalized spacial score (nSPS) is 10.6. The van der Waals surface area contributed by atoms with Crippen LogP contribution in [0.4, 0.5) is 0 Å². The second kappa shape index (κ2) is 4.83. The third kappa shape index (κ3) is 6.97. The van der Waals surface area contributed by atoms with Crippen LogP contribution in [0.2, 0.25) is 0 Å². The molecule has 0 aliphatic carbocycles. The smallest absolute Gasteiger partial charge is 0.0283 e. The topological polar surface area (TPSA) is 15.3 Å². The monoisotopic (exact) mass is 154 g/mol. The molecule has 0 fully saturated rings. The van der Waals surface area contributed by atoms with Gasteiger partial charge in [0.1, 0.15) is 0 Å². The van der Waals surface area contributed by atoms with Crippen molar-refractivity contribution in [1.29, 1.82) is 0 Å². The highest BCUT2D eigenvalue weighted by Gasteiger charge is 1.90. The number of nitrogens with zero attached hydrogens (tertiary/aromatic N) is 1. The van der Waals surface area contributed by atoms with E-state index < -0.39 is 0 Å². The maximum atomic E-state index is 3.84. The molecular formula is C9H18N2. The van der Waals surface area contributed by atoms with Crippen molar-refractivity contribution >= 4 is 0 Å². The minimum absolute atomic E-state index is 0.453. The van der Waals surface area contributed by atoms with Gasteiger partial charge in [0.15, 0.2) is 0 Å². The van der Waals surface area contributed by atoms with Gasteiger partial charge in [0.2, 0.25) is 0 Å². The standard InChI is InChI=1S/C9H18N2/c1-8(2)10-9(3)6-7-11(4)5/h6-8,10H,3H2,1-2,4-5H3/b7-6-. The molecule has 0 aromatic rings. The van der Waals surface area contributed by atoms with Gasteiger partial charge in [-0.05, 0) is 19.9 Å². The van der Waals surface area contributed by atoms with Gasteiger partial charge in [0.05, 0.1) is 0 Å². The first-order valence-corrected chi connectivity index (χ1v) is 3.82. The van der Waals surface area contributed by atoms with Gasteiger partial charge in [-0.15, -0.1) is 0 Å². The van der Waals surface area contributed by atoms with Crippen LogP contribution in [0.1, 0.15) is 13.8 Å². The summed E-state index contributed by atoms with van der Waals surface area (Å²) in [6, 6.07) is 0.453. The lowest BCUT2D eigenvalue weighted by molar-refractivity contribution is 0.561. The fourth-order valence-corrected chi connectivity index (χ4v) is 0.658. The van der Waals surface area contributed by atoms with Crippen molar-refractivity contribution in [2.24, 2.45) is 0 Å². The summed E-state index contributed by atoms with van der Waals surface area (Å²) in [6.45, 7) is 8.03. The molecular weight excluding hydrogens is 136 g/mol. The molecule has 0 amide bonds. The van der Waals surface area contributed by atoms with E-state index in [-0.39, 0.29) is 0 Å². The van der Waals surface area contributed by atoms with E-state index in [9.17, 15) is 0 Å². The summed E-state index contributed by atoms with van der Waals surface area (Å²) in [6.07, 6.45) is 3.93. The van der Waals surface area contributed by atoms with Crippen molar-refractivity contribution in [3.05, 3.63) is 24.6 Å². The number of hydrogen-bond acceptors (Lipinski definition) is 2. The lowest BCUT2D eigenvalue weighted by Gasteiger charge is -2.10. The zero-order valence-electron chi connectivity index (χ0n) is 7.89. The second-order valence-corrected chi connectivity index (χ2v) is 3.10. The first-order chi connectivity index (χ1) is 5.02. The molecule has 1 N–H and O–H groups in total. The summed E-state index contributed by atoms with van der Waals surface area (Å²) in [5.74, 6) is 0. The Morgan fingerprint density at radius 2 is 2.00 bits per heavy atom. The van der Waals surface area contributed by atoms with Gasteiger partial charge < -0.3 is 10.2 Å². The van der Waals surface area contributed by atoms with Crippen LogP contribution in [-0.2, 0) is 0 Å². The molecule has 0 aliphatic rings. The fourth-order valence-electron chi connectivity index (χ4n) is 0.658. The lowest BCUT2D eigenvalue weighted by Crippen LogP contribution is -2.20. The quantitative estimate of drug-likeness (QED) is 0.618. The second-order valence-electron chi connectivity index (χ2n) is 3.10. The van der Waals surface area contributed by atoms with Gasteiger partial charge in [-0.2, -0.15) is 0 Å². The number of allylic oxidation sites excluding steroid dienone is 1. The molecule has 0 bridgehead atoms. The average Bonchev–Trinajstić information content (AvgIpc) is 1.82. The summed E-state index contributed by atoms with van der Waals surface area (Å²) in [5, 5.41) is 3.19. The Kier molecular flexibility index (Phi) is 4.42. The Balaban J connectivity index is 3.69. The zero-order valence-corrected chi connectivity index (χ0v) is 7.89. The van der Waals surface area contributed by atoms with Crippen LogP contribution in [0.3, 0.4) is 0 Å². The van der Waals surface area contributed by atoms with E-state index >= 15 is 0 Å². The third-order valence-corrected chi connectivity index (χ3v) is 1.05. The average molecular weight is 154 g/mol. The van der Waals surface area contributed by atoms with E-state index in [1.807, 2.05) is 31.3 Å². The SMILES string of the molecule is C=C(/C=C\N(C)C)NC(C)C. The minimum atomic E-state index is 0.453. The van der Waals surface area contributed by atoms with Crippen LogP contribution in [0.5, 0.6) is 0 Å². The predicted octanol–water partition coefficient (Wildman–Crippen LogP) is 1.57. The van der Waals surface area contributed by atoms with Gasteiger partial charge >= 0.3 is 0 Å². The molecule has 0 unspecified atom stereocenters. The van der Waals surface area contributed by atoms with E-state index in [0.29, 0.717) is 6.04 Å². The third-order valence-electron chi connectivity index (χ3n) is 1.05. The highest BCUT2D eigenvalue weighted by atomic mass is 15.0. The Hall–Kier alpha value is -0.920. The minimum Gasteiger partial charge on any atom is -0.383 e. The molecule has 11 heavy (non-hydrogen) atoms. The molecule has 0 rings (SSSR count). The van der Waals surface area contributed by atoms with Crippen molar-refractivity contribution in [2.45, 2.75) is 19.9 Å². The van der Waals surface area contributed by atoms with Gasteiger partial charge in [-0.25, -0.2) is 0 Å². The van der Waals surface area contributed by atoms with E-state index in [4.69, 9.17) is 0 Å². The highest BCUT2D eigenvalue weighted by molar-refractivity contribution is 5.11. The van der Waals surface area contributed by atoms with E-state index in [0.717, 1.165) is 5.70 Å². The van der Waals surface area contributed by atoms with Gasteiger partial charge in [0.25, 0.3) is 0 Å². The van der Waals surface area contributed by atoms with Crippen molar-refractivity contribution in [3.8, 4) is 0 Å². The van der Waals surface area contributed by atoms with E-state index in [1.165, 1.54) is 0 Å². The first kappa shape index (κ1) is 10.1. The van der Waals surface area contributed by atoms with Crippen LogP contribution < -0.4 is 5.32 Å². The summed E-state index contributed by atoms with van der Waals surface area (Å²) < 4.78 is 0. The van der Waals surface area contributed by atoms with Crippen molar-refractivity contribution < 1.29 is 0 Å². The van der Waals surface area contributed by atoms with Crippen LogP contribution in [0, 0.1) is 0 Å². The van der Waals surface area contributed by atoms with Gasteiger partial charge in [-0.3, -0.25) is 0 Å². The first-order valence-electron chi connectivity index (χ1n) is 3.82. The summed E-state index contributed by atoms with van der Waals surface area (Å²) in [7, 11) is 3.97. The molecule has 0 aliphatic heterocycles. The number of nitrogens with one attached hydrogen (secondary N) is 1. The highest BCUT2D eigenvalue weighted by Crippen LogP contribution is 1.90. The van der Waals surface area contributed by atoms with Crippen LogP contribution >= 0.6 is 0 Å². The largest absolute Gasteiger partial charge is 0.383 e.